The number of aryl methyl sites for hydroxylation is 1. The number of hydrogen-bond donors (Lipinski definition) is 2. The highest BCUT2D eigenvalue weighted by atomic mass is 79.9. The van der Waals surface area contributed by atoms with E-state index in [4.69, 9.17) is 0 Å². The van der Waals surface area contributed by atoms with E-state index in [2.05, 4.69) is 26.8 Å². The zero-order valence-electron chi connectivity index (χ0n) is 10.5. The fourth-order valence-corrected chi connectivity index (χ4v) is 1.93. The van der Waals surface area contributed by atoms with Crippen LogP contribution in [0.5, 0.6) is 0 Å². The summed E-state index contributed by atoms with van der Waals surface area (Å²) in [5, 5.41) is 0. The van der Waals surface area contributed by atoms with E-state index in [1.165, 1.54) is 0 Å². The molecule has 0 fully saturated rings. The largest absolute Gasteiger partial charge is 0.272 e. The smallest absolute Gasteiger partial charge is 0.269 e. The van der Waals surface area contributed by atoms with Crippen LogP contribution in [0.3, 0.4) is 0 Å². The van der Waals surface area contributed by atoms with Crippen molar-refractivity contribution >= 4 is 27.7 Å². The summed E-state index contributed by atoms with van der Waals surface area (Å²) in [6.45, 7) is 3.94. The molecule has 0 aliphatic carbocycles. The van der Waals surface area contributed by atoms with Gasteiger partial charge in [-0.3, -0.25) is 20.4 Å². The van der Waals surface area contributed by atoms with Gasteiger partial charge >= 0.3 is 0 Å². The number of alkyl halides is 1. The van der Waals surface area contributed by atoms with Gasteiger partial charge in [0.25, 0.3) is 11.8 Å². The fourth-order valence-electron chi connectivity index (χ4n) is 1.36. The number of hydrogen-bond acceptors (Lipinski definition) is 2. The molecule has 0 heterocycles. The van der Waals surface area contributed by atoms with Gasteiger partial charge in [-0.1, -0.05) is 47.0 Å². The first-order valence-electron chi connectivity index (χ1n) is 5.85. The third kappa shape index (κ3) is 4.49. The van der Waals surface area contributed by atoms with Gasteiger partial charge in [0.1, 0.15) is 0 Å². The van der Waals surface area contributed by atoms with Gasteiger partial charge in [0.2, 0.25) is 0 Å². The highest BCUT2D eigenvalue weighted by Gasteiger charge is 2.14. The van der Waals surface area contributed by atoms with Crippen LogP contribution in [0.15, 0.2) is 24.3 Å². The number of carbonyl (C=O) groups excluding carboxylic acids is 2. The van der Waals surface area contributed by atoms with Gasteiger partial charge in [-0.2, -0.15) is 0 Å². The quantitative estimate of drug-likeness (QED) is 0.662. The molecule has 1 aromatic carbocycles. The van der Waals surface area contributed by atoms with E-state index < -0.39 is 0 Å². The lowest BCUT2D eigenvalue weighted by Gasteiger charge is -2.10. The molecule has 0 bridgehead atoms. The van der Waals surface area contributed by atoms with Crippen LogP contribution in [0.4, 0.5) is 0 Å². The summed E-state index contributed by atoms with van der Waals surface area (Å²) in [7, 11) is 0. The molecule has 5 heteroatoms. The van der Waals surface area contributed by atoms with E-state index in [9.17, 15) is 9.59 Å². The van der Waals surface area contributed by atoms with Crippen LogP contribution in [0.25, 0.3) is 0 Å². The van der Waals surface area contributed by atoms with Crippen molar-refractivity contribution in [2.24, 2.45) is 0 Å². The van der Waals surface area contributed by atoms with Gasteiger partial charge in [0, 0.05) is 5.56 Å². The topological polar surface area (TPSA) is 58.2 Å². The van der Waals surface area contributed by atoms with Gasteiger partial charge in [0.05, 0.1) is 4.83 Å². The van der Waals surface area contributed by atoms with Crippen LogP contribution in [-0.2, 0) is 4.79 Å². The number of rotatable bonds is 4. The lowest BCUT2D eigenvalue weighted by atomic mass is 10.1. The van der Waals surface area contributed by atoms with E-state index in [1.54, 1.807) is 12.1 Å². The van der Waals surface area contributed by atoms with Crippen LogP contribution in [0.1, 0.15) is 35.7 Å². The van der Waals surface area contributed by atoms with Gasteiger partial charge < -0.3 is 0 Å². The Balaban J connectivity index is 2.46. The standard InChI is InChI=1S/C13H17BrN2O2/c1-3-4-11(14)13(18)16-15-12(17)10-7-5-9(2)6-8-10/h5-8,11H,3-4H2,1-2H3,(H,15,17)(H,16,18)/t11-/m0/s1. The van der Waals surface area contributed by atoms with Crippen LogP contribution >= 0.6 is 15.9 Å². The van der Waals surface area contributed by atoms with E-state index >= 15 is 0 Å². The Hall–Kier alpha value is -1.36. The predicted octanol–water partition coefficient (Wildman–Crippen LogP) is 2.32. The Kier molecular flexibility index (Phi) is 5.85. The van der Waals surface area contributed by atoms with Crippen molar-refractivity contribution in [3.8, 4) is 0 Å². The third-order valence-corrected chi connectivity index (χ3v) is 3.31. The molecule has 1 atom stereocenters. The summed E-state index contributed by atoms with van der Waals surface area (Å²) in [5.74, 6) is -0.558. The lowest BCUT2D eigenvalue weighted by molar-refractivity contribution is -0.121. The molecule has 0 saturated heterocycles. The highest BCUT2D eigenvalue weighted by Crippen LogP contribution is 2.07. The first kappa shape index (κ1) is 14.7. The molecule has 1 rings (SSSR count). The summed E-state index contributed by atoms with van der Waals surface area (Å²) < 4.78 is 0. The second-order valence-electron chi connectivity index (χ2n) is 4.07. The van der Waals surface area contributed by atoms with Gasteiger partial charge in [-0.15, -0.1) is 0 Å². The second kappa shape index (κ2) is 7.16. The molecular formula is C13H17BrN2O2. The number of carbonyl (C=O) groups is 2. The molecule has 2 amide bonds. The summed E-state index contributed by atoms with van der Waals surface area (Å²) in [6, 6.07) is 7.13. The van der Waals surface area contributed by atoms with Crippen molar-refractivity contribution in [3.05, 3.63) is 35.4 Å². The van der Waals surface area contributed by atoms with Crippen molar-refractivity contribution in [3.63, 3.8) is 0 Å². The normalized spacial score (nSPS) is 11.7. The van der Waals surface area contributed by atoms with Crippen LogP contribution in [-0.4, -0.2) is 16.6 Å². The maximum Gasteiger partial charge on any atom is 0.269 e. The van der Waals surface area contributed by atoms with Gasteiger partial charge in [-0.25, -0.2) is 0 Å². The van der Waals surface area contributed by atoms with Crippen molar-refractivity contribution in [2.75, 3.05) is 0 Å². The molecule has 0 saturated carbocycles. The van der Waals surface area contributed by atoms with E-state index in [0.29, 0.717) is 5.56 Å². The zero-order chi connectivity index (χ0) is 13.5. The zero-order valence-corrected chi connectivity index (χ0v) is 12.1. The molecule has 2 N–H and O–H groups in total. The Morgan fingerprint density at radius 2 is 1.83 bits per heavy atom. The summed E-state index contributed by atoms with van der Waals surface area (Å²) >= 11 is 3.26. The predicted molar refractivity (Wildman–Crippen MR) is 74.4 cm³/mol. The Labute approximate surface area is 115 Å². The fraction of sp³-hybridized carbons (Fsp3) is 0.385. The molecule has 0 aliphatic rings. The molecule has 4 nitrogen and oxygen atoms in total. The summed E-state index contributed by atoms with van der Waals surface area (Å²) in [4.78, 5) is 23.0. The Morgan fingerprint density at radius 3 is 2.39 bits per heavy atom. The highest BCUT2D eigenvalue weighted by molar-refractivity contribution is 9.10. The molecule has 0 aliphatic heterocycles. The maximum atomic E-state index is 11.7. The van der Waals surface area contributed by atoms with Gasteiger partial charge in [0.15, 0.2) is 0 Å². The number of halogens is 1. The second-order valence-corrected chi connectivity index (χ2v) is 5.17. The van der Waals surface area contributed by atoms with E-state index in [0.717, 1.165) is 18.4 Å². The minimum Gasteiger partial charge on any atom is -0.272 e. The minimum atomic E-state index is -0.320. The van der Waals surface area contributed by atoms with Crippen molar-refractivity contribution in [2.45, 2.75) is 31.5 Å². The first-order valence-corrected chi connectivity index (χ1v) is 6.77. The average molecular weight is 313 g/mol. The third-order valence-electron chi connectivity index (χ3n) is 2.44. The van der Waals surface area contributed by atoms with Crippen LogP contribution < -0.4 is 10.9 Å². The monoisotopic (exact) mass is 312 g/mol. The van der Waals surface area contributed by atoms with E-state index in [-0.39, 0.29) is 16.6 Å². The Morgan fingerprint density at radius 1 is 1.22 bits per heavy atom. The maximum absolute atomic E-state index is 11.7. The van der Waals surface area contributed by atoms with Crippen molar-refractivity contribution in [1.29, 1.82) is 0 Å². The van der Waals surface area contributed by atoms with Crippen molar-refractivity contribution in [1.82, 2.24) is 10.9 Å². The molecule has 1 aromatic rings. The minimum absolute atomic E-state index is 0.239. The number of nitrogens with one attached hydrogen (secondary N) is 2. The van der Waals surface area contributed by atoms with Crippen molar-refractivity contribution < 1.29 is 9.59 Å². The molecular weight excluding hydrogens is 296 g/mol. The van der Waals surface area contributed by atoms with E-state index in [1.807, 2.05) is 26.0 Å². The first-order chi connectivity index (χ1) is 8.54. The average Bonchev–Trinajstić information content (AvgIpc) is 2.36. The lowest BCUT2D eigenvalue weighted by Crippen LogP contribution is -2.44. The van der Waals surface area contributed by atoms with Crippen LogP contribution in [0.2, 0.25) is 0 Å². The SMILES string of the molecule is CCC[C@H](Br)C(=O)NNC(=O)c1ccc(C)cc1. The van der Waals surface area contributed by atoms with Gasteiger partial charge in [-0.05, 0) is 25.5 Å². The molecule has 98 valence electrons. The molecule has 0 spiro atoms. The number of amides is 2. The summed E-state index contributed by atoms with van der Waals surface area (Å²) in [6.07, 6.45) is 1.63. The van der Waals surface area contributed by atoms with Crippen LogP contribution in [0, 0.1) is 6.92 Å². The number of hydrazine groups is 1. The molecule has 0 radical (unpaired) electrons. The Bertz CT molecular complexity index is 418. The summed E-state index contributed by atoms with van der Waals surface area (Å²) in [5.41, 5.74) is 6.38. The molecule has 18 heavy (non-hydrogen) atoms. The molecule has 0 aromatic heterocycles. The number of benzene rings is 1. The molecule has 0 unspecified atom stereocenters.